The van der Waals surface area contributed by atoms with Gasteiger partial charge in [0, 0.05) is 29.1 Å². The zero-order valence-corrected chi connectivity index (χ0v) is 15.0. The molecule has 0 unspecified atom stereocenters. The maximum Gasteiger partial charge on any atom is 0.261 e. The smallest absolute Gasteiger partial charge is 0.261 e. The van der Waals surface area contributed by atoms with Gasteiger partial charge in [-0.3, -0.25) is 9.59 Å². The Balaban J connectivity index is 2.10. The van der Waals surface area contributed by atoms with Crippen molar-refractivity contribution < 1.29 is 4.79 Å². The van der Waals surface area contributed by atoms with Crippen LogP contribution in [0.5, 0.6) is 0 Å². The van der Waals surface area contributed by atoms with Gasteiger partial charge in [0.2, 0.25) is 5.43 Å². The molecule has 1 aromatic carbocycles. The van der Waals surface area contributed by atoms with Crippen LogP contribution in [0.15, 0.2) is 41.3 Å². The lowest BCUT2D eigenvalue weighted by molar-refractivity contribution is 0.102. The van der Waals surface area contributed by atoms with Crippen LogP contribution < -0.4 is 10.7 Å². The number of halogens is 1. The lowest BCUT2D eigenvalue weighted by atomic mass is 10.1. The molecule has 3 rings (SSSR count). The molecule has 2 aromatic heterocycles. The van der Waals surface area contributed by atoms with E-state index in [-0.39, 0.29) is 11.0 Å². The van der Waals surface area contributed by atoms with Crippen LogP contribution in [0.2, 0.25) is 5.02 Å². The fraction of sp³-hybridized carbons (Fsp3) is 0.211. The number of carbonyl (C=O) groups is 1. The van der Waals surface area contributed by atoms with Crippen molar-refractivity contribution in [2.75, 3.05) is 5.32 Å². The third-order valence-corrected chi connectivity index (χ3v) is 4.33. The zero-order valence-electron chi connectivity index (χ0n) is 14.3. The largest absolute Gasteiger partial charge is 0.332 e. The first-order valence-electron chi connectivity index (χ1n) is 7.99. The van der Waals surface area contributed by atoms with Crippen LogP contribution in [0.25, 0.3) is 11.0 Å². The van der Waals surface area contributed by atoms with E-state index in [4.69, 9.17) is 11.6 Å². The van der Waals surface area contributed by atoms with E-state index in [1.165, 1.54) is 0 Å². The molecule has 0 radical (unpaired) electrons. The van der Waals surface area contributed by atoms with Crippen molar-refractivity contribution in [2.24, 2.45) is 0 Å². The molecule has 3 aromatic rings. The highest BCUT2D eigenvalue weighted by molar-refractivity contribution is 6.31. The molecular weight excluding hydrogens is 338 g/mol. The average molecular weight is 356 g/mol. The van der Waals surface area contributed by atoms with E-state index < -0.39 is 5.91 Å². The fourth-order valence-corrected chi connectivity index (χ4v) is 2.85. The normalized spacial score (nSPS) is 10.9. The SMILES string of the molecule is CCn1cc(C(=O)Nc2cc(Cl)ccc2C)c(=O)c2ccc(C)nc21. The Morgan fingerprint density at radius 2 is 2.00 bits per heavy atom. The quantitative estimate of drug-likeness (QED) is 0.774. The first kappa shape index (κ1) is 17.2. The molecule has 0 saturated heterocycles. The lowest BCUT2D eigenvalue weighted by Gasteiger charge is -2.12. The minimum Gasteiger partial charge on any atom is -0.332 e. The van der Waals surface area contributed by atoms with Crippen molar-refractivity contribution in [1.29, 1.82) is 0 Å². The minimum atomic E-state index is -0.458. The Kier molecular flexibility index (Phi) is 4.59. The van der Waals surface area contributed by atoms with Gasteiger partial charge in [-0.1, -0.05) is 17.7 Å². The van der Waals surface area contributed by atoms with Crippen LogP contribution in [-0.4, -0.2) is 15.5 Å². The maximum atomic E-state index is 12.8. The molecular formula is C19H18ClN3O2. The molecule has 0 aliphatic carbocycles. The van der Waals surface area contributed by atoms with Crippen molar-refractivity contribution in [3.63, 3.8) is 0 Å². The highest BCUT2D eigenvalue weighted by Crippen LogP contribution is 2.21. The number of aryl methyl sites for hydroxylation is 3. The van der Waals surface area contributed by atoms with Gasteiger partial charge in [0.15, 0.2) is 0 Å². The summed E-state index contributed by atoms with van der Waals surface area (Å²) in [5, 5.41) is 3.73. The topological polar surface area (TPSA) is 64.0 Å². The van der Waals surface area contributed by atoms with E-state index in [0.717, 1.165) is 11.3 Å². The molecule has 128 valence electrons. The van der Waals surface area contributed by atoms with Gasteiger partial charge < -0.3 is 9.88 Å². The summed E-state index contributed by atoms with van der Waals surface area (Å²) in [5.41, 5.74) is 2.61. The third kappa shape index (κ3) is 3.28. The van der Waals surface area contributed by atoms with E-state index >= 15 is 0 Å². The number of nitrogens with one attached hydrogen (secondary N) is 1. The third-order valence-electron chi connectivity index (χ3n) is 4.09. The molecule has 0 saturated carbocycles. The highest BCUT2D eigenvalue weighted by atomic mass is 35.5. The summed E-state index contributed by atoms with van der Waals surface area (Å²) in [6, 6.07) is 8.72. The summed E-state index contributed by atoms with van der Waals surface area (Å²) in [6.07, 6.45) is 1.56. The number of fused-ring (bicyclic) bond motifs is 1. The number of hydrogen-bond acceptors (Lipinski definition) is 3. The van der Waals surface area contributed by atoms with Gasteiger partial charge in [0.1, 0.15) is 11.2 Å². The van der Waals surface area contributed by atoms with Crippen LogP contribution in [-0.2, 0) is 6.54 Å². The van der Waals surface area contributed by atoms with Crippen LogP contribution in [0.1, 0.15) is 28.5 Å². The Labute approximate surface area is 150 Å². The van der Waals surface area contributed by atoms with Gasteiger partial charge in [-0.25, -0.2) is 4.98 Å². The Hall–Kier alpha value is -2.66. The second-order valence-electron chi connectivity index (χ2n) is 5.90. The van der Waals surface area contributed by atoms with Crippen molar-refractivity contribution in [1.82, 2.24) is 9.55 Å². The molecule has 0 spiro atoms. The number of nitrogens with zero attached hydrogens (tertiary/aromatic N) is 2. The van der Waals surface area contributed by atoms with Crippen molar-refractivity contribution in [3.8, 4) is 0 Å². The second-order valence-corrected chi connectivity index (χ2v) is 6.33. The number of anilines is 1. The van der Waals surface area contributed by atoms with Gasteiger partial charge >= 0.3 is 0 Å². The average Bonchev–Trinajstić information content (AvgIpc) is 2.58. The maximum absolute atomic E-state index is 12.8. The van der Waals surface area contributed by atoms with E-state index in [1.54, 1.807) is 30.5 Å². The molecule has 6 heteroatoms. The first-order valence-corrected chi connectivity index (χ1v) is 8.36. The molecule has 0 aliphatic rings. The van der Waals surface area contributed by atoms with Gasteiger partial charge in [0.25, 0.3) is 5.91 Å². The molecule has 25 heavy (non-hydrogen) atoms. The number of aromatic nitrogens is 2. The van der Waals surface area contributed by atoms with Gasteiger partial charge in [-0.05, 0) is 50.6 Å². The molecule has 0 aliphatic heterocycles. The van der Waals surface area contributed by atoms with E-state index in [2.05, 4.69) is 10.3 Å². The molecule has 0 atom stereocenters. The van der Waals surface area contributed by atoms with Crippen molar-refractivity contribution in [3.05, 3.63) is 68.6 Å². The lowest BCUT2D eigenvalue weighted by Crippen LogP contribution is -2.24. The molecule has 0 fully saturated rings. The number of benzene rings is 1. The van der Waals surface area contributed by atoms with Gasteiger partial charge in [0.05, 0.1) is 5.39 Å². The van der Waals surface area contributed by atoms with Crippen LogP contribution in [0, 0.1) is 13.8 Å². The van der Waals surface area contributed by atoms with Crippen molar-refractivity contribution >= 4 is 34.2 Å². The number of carbonyl (C=O) groups excluding carboxylic acids is 1. The standard InChI is InChI=1S/C19H18ClN3O2/c1-4-23-10-15(17(24)14-8-6-12(3)21-18(14)23)19(25)22-16-9-13(20)7-5-11(16)2/h5-10H,4H2,1-3H3,(H,22,25). The van der Waals surface area contributed by atoms with Gasteiger partial charge in [-0.15, -0.1) is 0 Å². The molecule has 1 N–H and O–H groups in total. The molecule has 5 nitrogen and oxygen atoms in total. The van der Waals surface area contributed by atoms with E-state index in [9.17, 15) is 9.59 Å². The Morgan fingerprint density at radius 1 is 1.24 bits per heavy atom. The minimum absolute atomic E-state index is 0.0828. The first-order chi connectivity index (χ1) is 11.9. The predicted molar refractivity (Wildman–Crippen MR) is 101 cm³/mol. The highest BCUT2D eigenvalue weighted by Gasteiger charge is 2.17. The van der Waals surface area contributed by atoms with Crippen molar-refractivity contribution in [2.45, 2.75) is 27.3 Å². The van der Waals surface area contributed by atoms with E-state index in [0.29, 0.717) is 28.3 Å². The number of hydrogen-bond donors (Lipinski definition) is 1. The summed E-state index contributed by atoms with van der Waals surface area (Å²) in [7, 11) is 0. The van der Waals surface area contributed by atoms with Crippen LogP contribution in [0.4, 0.5) is 5.69 Å². The summed E-state index contributed by atoms with van der Waals surface area (Å²) in [5.74, 6) is -0.458. The summed E-state index contributed by atoms with van der Waals surface area (Å²) in [6.45, 7) is 6.27. The molecule has 0 bridgehead atoms. The summed E-state index contributed by atoms with van der Waals surface area (Å²) in [4.78, 5) is 29.9. The summed E-state index contributed by atoms with van der Waals surface area (Å²) >= 11 is 5.99. The Morgan fingerprint density at radius 3 is 2.72 bits per heavy atom. The number of amides is 1. The second kappa shape index (κ2) is 6.69. The van der Waals surface area contributed by atoms with Gasteiger partial charge in [-0.2, -0.15) is 0 Å². The molecule has 1 amide bonds. The van der Waals surface area contributed by atoms with Crippen LogP contribution in [0.3, 0.4) is 0 Å². The molecule has 2 heterocycles. The zero-order chi connectivity index (χ0) is 18.1. The fourth-order valence-electron chi connectivity index (χ4n) is 2.68. The number of pyridine rings is 2. The van der Waals surface area contributed by atoms with E-state index in [1.807, 2.05) is 31.4 Å². The predicted octanol–water partition coefficient (Wildman–Crippen LogP) is 3.94. The summed E-state index contributed by atoms with van der Waals surface area (Å²) < 4.78 is 1.81. The number of rotatable bonds is 3. The Bertz CT molecular complexity index is 1040. The monoisotopic (exact) mass is 355 g/mol. The van der Waals surface area contributed by atoms with Crippen LogP contribution >= 0.6 is 11.6 Å².